The van der Waals surface area contributed by atoms with Crippen LogP contribution in [0.2, 0.25) is 0 Å². The second kappa shape index (κ2) is 8.12. The zero-order valence-corrected chi connectivity index (χ0v) is 21.6. The number of carbonyl (C=O) groups is 1. The van der Waals surface area contributed by atoms with Gasteiger partial charge in [-0.3, -0.25) is 9.52 Å². The van der Waals surface area contributed by atoms with E-state index in [1.807, 2.05) is 6.92 Å². The summed E-state index contributed by atoms with van der Waals surface area (Å²) in [6.07, 6.45) is 2.69. The van der Waals surface area contributed by atoms with Crippen molar-refractivity contribution in [2.24, 2.45) is 23.2 Å². The molecule has 1 N–H and O–H groups in total. The predicted octanol–water partition coefficient (Wildman–Crippen LogP) is 4.21. The molecule has 0 bridgehead atoms. The number of hydrogen-bond acceptors (Lipinski definition) is 8. The Bertz CT molecular complexity index is 1240. The van der Waals surface area contributed by atoms with Crippen LogP contribution >= 0.6 is 11.3 Å². The predicted molar refractivity (Wildman–Crippen MR) is 128 cm³/mol. The van der Waals surface area contributed by atoms with Crippen molar-refractivity contribution in [3.8, 4) is 11.5 Å². The minimum absolute atomic E-state index is 0.00843. The van der Waals surface area contributed by atoms with Crippen LogP contribution in [-0.2, 0) is 26.0 Å². The number of nitrogens with zero attached hydrogens (tertiary/aromatic N) is 1. The molecule has 6 atom stereocenters. The molecule has 2 fully saturated rings. The van der Waals surface area contributed by atoms with Crippen LogP contribution in [0.3, 0.4) is 0 Å². The lowest BCUT2D eigenvalue weighted by molar-refractivity contribution is -0.149. The molecule has 2 aliphatic carbocycles. The van der Waals surface area contributed by atoms with Crippen molar-refractivity contribution in [3.05, 3.63) is 28.8 Å². The highest BCUT2D eigenvalue weighted by molar-refractivity contribution is 7.93. The first-order valence-corrected chi connectivity index (χ1v) is 13.8. The number of nitrogens with one attached hydrogen (secondary N) is 1. The lowest BCUT2D eigenvalue weighted by atomic mass is 9.54. The molecule has 1 aliphatic heterocycles. The Kier molecular flexibility index (Phi) is 5.59. The summed E-state index contributed by atoms with van der Waals surface area (Å²) in [6, 6.07) is 4.64. The van der Waals surface area contributed by atoms with Gasteiger partial charge < -0.3 is 14.2 Å². The first kappa shape index (κ1) is 23.4. The van der Waals surface area contributed by atoms with Crippen LogP contribution in [0.5, 0.6) is 11.5 Å². The van der Waals surface area contributed by atoms with Crippen LogP contribution in [0.15, 0.2) is 23.1 Å². The number of anilines is 1. The van der Waals surface area contributed by atoms with E-state index in [0.717, 1.165) is 29.8 Å². The smallest absolute Gasteiger partial charge is 0.309 e. The van der Waals surface area contributed by atoms with Gasteiger partial charge in [0.05, 0.1) is 25.8 Å². The molecule has 3 aliphatic rings. The molecule has 2 aromatic rings. The summed E-state index contributed by atoms with van der Waals surface area (Å²) in [5.41, 5.74) is 0.885. The number of thiazole rings is 1. The van der Waals surface area contributed by atoms with Crippen LogP contribution in [0.25, 0.3) is 0 Å². The van der Waals surface area contributed by atoms with Crippen molar-refractivity contribution in [2.75, 3.05) is 18.9 Å². The average molecular weight is 507 g/mol. The summed E-state index contributed by atoms with van der Waals surface area (Å²) < 4.78 is 45.5. The molecule has 34 heavy (non-hydrogen) atoms. The number of aromatic nitrogens is 1. The van der Waals surface area contributed by atoms with Crippen LogP contribution in [0.4, 0.5) is 5.13 Å². The number of sulfonamides is 1. The summed E-state index contributed by atoms with van der Waals surface area (Å²) in [5.74, 6) is 0.935. The average Bonchev–Trinajstić information content (AvgIpc) is 3.31. The van der Waals surface area contributed by atoms with E-state index in [9.17, 15) is 13.2 Å². The normalized spacial score (nSPS) is 32.3. The van der Waals surface area contributed by atoms with Gasteiger partial charge >= 0.3 is 5.97 Å². The van der Waals surface area contributed by atoms with Crippen LogP contribution in [0, 0.1) is 23.2 Å². The number of esters is 1. The fourth-order valence-electron chi connectivity index (χ4n) is 6.29. The van der Waals surface area contributed by atoms with Gasteiger partial charge in [-0.1, -0.05) is 20.8 Å². The number of ether oxygens (including phenoxy) is 3. The van der Waals surface area contributed by atoms with Gasteiger partial charge in [0, 0.05) is 28.7 Å². The molecular formula is C24H30N2O6S2. The molecule has 0 radical (unpaired) electrons. The van der Waals surface area contributed by atoms with E-state index in [2.05, 4.69) is 18.6 Å². The van der Waals surface area contributed by atoms with Crippen LogP contribution < -0.4 is 14.2 Å². The van der Waals surface area contributed by atoms with Gasteiger partial charge in [-0.05, 0) is 36.8 Å². The van der Waals surface area contributed by atoms with E-state index >= 15 is 0 Å². The molecule has 0 spiro atoms. The zero-order valence-electron chi connectivity index (χ0n) is 20.0. The van der Waals surface area contributed by atoms with Crippen LogP contribution in [0.1, 0.15) is 50.1 Å². The van der Waals surface area contributed by atoms with Gasteiger partial charge in [0.1, 0.15) is 22.5 Å². The lowest BCUT2D eigenvalue weighted by Gasteiger charge is -2.51. The third-order valence-corrected chi connectivity index (χ3v) is 10.5. The van der Waals surface area contributed by atoms with Crippen molar-refractivity contribution in [1.82, 2.24) is 4.98 Å². The second-order valence-electron chi connectivity index (χ2n) is 9.99. The zero-order chi connectivity index (χ0) is 24.4. The van der Waals surface area contributed by atoms with E-state index in [4.69, 9.17) is 19.2 Å². The molecule has 0 amide bonds. The lowest BCUT2D eigenvalue weighted by Crippen LogP contribution is -2.50. The Morgan fingerprint density at radius 2 is 1.97 bits per heavy atom. The number of fused-ring (bicyclic) bond motifs is 4. The van der Waals surface area contributed by atoms with Crippen molar-refractivity contribution in [3.63, 3.8) is 0 Å². The van der Waals surface area contributed by atoms with Gasteiger partial charge in [0.25, 0.3) is 10.0 Å². The molecule has 8 nitrogen and oxygen atoms in total. The Labute approximate surface area is 204 Å². The summed E-state index contributed by atoms with van der Waals surface area (Å²) in [6.45, 7) is 6.37. The number of carbonyl (C=O) groups excluding carboxylic acids is 1. The van der Waals surface area contributed by atoms with Gasteiger partial charge in [-0.2, -0.15) is 0 Å². The number of benzene rings is 1. The van der Waals surface area contributed by atoms with E-state index in [1.54, 1.807) is 12.1 Å². The van der Waals surface area contributed by atoms with Crippen molar-refractivity contribution in [2.45, 2.75) is 57.0 Å². The van der Waals surface area contributed by atoms with Gasteiger partial charge in [0.2, 0.25) is 0 Å². The molecule has 2 heterocycles. The Morgan fingerprint density at radius 1 is 1.21 bits per heavy atom. The third kappa shape index (κ3) is 3.57. The summed E-state index contributed by atoms with van der Waals surface area (Å²) in [4.78, 5) is 18.2. The maximum Gasteiger partial charge on any atom is 0.309 e. The summed E-state index contributed by atoms with van der Waals surface area (Å²) in [5, 5.41) is 0.331. The summed E-state index contributed by atoms with van der Waals surface area (Å²) >= 11 is 1.38. The highest BCUT2D eigenvalue weighted by atomic mass is 32.2. The fourth-order valence-corrected chi connectivity index (χ4v) is 8.97. The molecular weight excluding hydrogens is 476 g/mol. The molecule has 184 valence electrons. The van der Waals surface area contributed by atoms with Gasteiger partial charge in [0.15, 0.2) is 5.13 Å². The maximum atomic E-state index is 13.2. The minimum Gasteiger partial charge on any atom is -0.497 e. The number of hydrogen-bond donors (Lipinski definition) is 1. The maximum absolute atomic E-state index is 13.2. The Hall–Kier alpha value is -2.33. The topological polar surface area (TPSA) is 104 Å². The molecule has 5 rings (SSSR count). The van der Waals surface area contributed by atoms with E-state index in [0.29, 0.717) is 10.9 Å². The SMILES string of the molecule is COc1ccc(OC)c(S(=O)(=O)Nc2nc3c(s2)C[C@]2(C)CC[C@@H]4[C@H](OC(=O)[C@H]4C)[C@H]2[C@@H]3C)c1. The minimum atomic E-state index is -3.95. The molecule has 10 heteroatoms. The first-order valence-electron chi connectivity index (χ1n) is 11.5. The fraction of sp³-hybridized carbons (Fsp3) is 0.583. The standard InChI is InChI=1S/C24H30N2O6S2/c1-12-15-8-9-24(3)11-17-20(13(2)19(24)21(15)32-22(12)27)25-23(33-17)26-34(28,29)18-10-14(30-4)6-7-16(18)31-5/h6-7,10,12-13,15,19,21H,8-9,11H2,1-5H3,(H,25,26)/t12-,13-,15-,19+,21-,24-/m0/s1. The highest BCUT2D eigenvalue weighted by Gasteiger charge is 2.58. The molecule has 1 saturated heterocycles. The van der Waals surface area contributed by atoms with E-state index < -0.39 is 10.0 Å². The van der Waals surface area contributed by atoms with Crippen molar-refractivity contribution < 1.29 is 27.4 Å². The molecule has 0 unspecified atom stereocenters. The molecule has 1 aromatic heterocycles. The third-order valence-electron chi connectivity index (χ3n) is 8.04. The van der Waals surface area contributed by atoms with E-state index in [-0.39, 0.29) is 51.8 Å². The Morgan fingerprint density at radius 3 is 2.68 bits per heavy atom. The second-order valence-corrected chi connectivity index (χ2v) is 12.7. The van der Waals surface area contributed by atoms with Crippen molar-refractivity contribution in [1.29, 1.82) is 0 Å². The first-order chi connectivity index (χ1) is 16.1. The molecule has 1 saturated carbocycles. The monoisotopic (exact) mass is 506 g/mol. The Balaban J connectivity index is 1.47. The molecule has 1 aromatic carbocycles. The van der Waals surface area contributed by atoms with E-state index in [1.165, 1.54) is 31.6 Å². The van der Waals surface area contributed by atoms with Crippen LogP contribution in [-0.4, -0.2) is 39.7 Å². The quantitative estimate of drug-likeness (QED) is 0.606. The summed E-state index contributed by atoms with van der Waals surface area (Å²) in [7, 11) is -1.04. The highest BCUT2D eigenvalue weighted by Crippen LogP contribution is 2.59. The number of methoxy groups -OCH3 is 2. The van der Waals surface area contributed by atoms with Gasteiger partial charge in [-0.25, -0.2) is 13.4 Å². The van der Waals surface area contributed by atoms with Gasteiger partial charge in [-0.15, -0.1) is 11.3 Å². The largest absolute Gasteiger partial charge is 0.497 e. The van der Waals surface area contributed by atoms with Crippen molar-refractivity contribution >= 4 is 32.5 Å². The number of rotatable bonds is 5.